The van der Waals surface area contributed by atoms with Crippen molar-refractivity contribution in [1.29, 1.82) is 0 Å². The Morgan fingerprint density at radius 3 is 1.58 bits per heavy atom. The molecule has 1 aliphatic rings. The summed E-state index contributed by atoms with van der Waals surface area (Å²) in [5.74, 6) is 0.272. The third kappa shape index (κ3) is 2.24. The Balaban J connectivity index is 1.84. The lowest BCUT2D eigenvalue weighted by molar-refractivity contribution is 0.525. The second kappa shape index (κ2) is 6.49. The van der Waals surface area contributed by atoms with E-state index in [1.165, 1.54) is 32.0 Å². The van der Waals surface area contributed by atoms with Gasteiger partial charge in [0.15, 0.2) is 0 Å². The van der Waals surface area contributed by atoms with E-state index in [4.69, 9.17) is 0 Å². The van der Waals surface area contributed by atoms with Crippen molar-refractivity contribution in [1.82, 2.24) is 0 Å². The van der Waals surface area contributed by atoms with E-state index in [1.807, 2.05) is 22.7 Å². The minimum Gasteiger partial charge on any atom is -0.143 e. The van der Waals surface area contributed by atoms with Crippen LogP contribution >= 0.6 is 38.6 Å². The zero-order valence-corrected chi connectivity index (χ0v) is 17.3. The third-order valence-corrected chi connectivity index (χ3v) is 8.34. The van der Waals surface area contributed by atoms with Gasteiger partial charge in [-0.3, -0.25) is 0 Å². The molecule has 0 nitrogen and oxygen atoms in total. The zero-order valence-electron chi connectivity index (χ0n) is 14.1. The number of thiophene rings is 2. The molecular formula is C23H17BrS2. The maximum atomic E-state index is 3.95. The number of alkyl halides is 1. The van der Waals surface area contributed by atoms with Crippen LogP contribution in [0.2, 0.25) is 0 Å². The lowest BCUT2D eigenvalue weighted by atomic mass is 9.65. The van der Waals surface area contributed by atoms with Crippen LogP contribution in [0.5, 0.6) is 0 Å². The molecule has 0 saturated carbocycles. The van der Waals surface area contributed by atoms with Gasteiger partial charge in [-0.15, -0.1) is 22.7 Å². The van der Waals surface area contributed by atoms with Crippen molar-refractivity contribution in [3.63, 3.8) is 0 Å². The lowest BCUT2D eigenvalue weighted by Gasteiger charge is -2.38. The number of fused-ring (bicyclic) bond motifs is 3. The summed E-state index contributed by atoms with van der Waals surface area (Å²) in [7, 11) is 0. The Labute approximate surface area is 170 Å². The van der Waals surface area contributed by atoms with Gasteiger partial charge in [-0.25, -0.2) is 0 Å². The maximum absolute atomic E-state index is 3.95. The van der Waals surface area contributed by atoms with E-state index in [0.29, 0.717) is 0 Å². The predicted octanol–water partition coefficient (Wildman–Crippen LogP) is 7.30. The van der Waals surface area contributed by atoms with Crippen LogP contribution in [0.15, 0.2) is 83.6 Å². The summed E-state index contributed by atoms with van der Waals surface area (Å²) in [4.78, 5) is 2.90. The minimum absolute atomic E-state index is 0.0760. The predicted molar refractivity (Wildman–Crippen MR) is 117 cm³/mol. The van der Waals surface area contributed by atoms with E-state index in [0.717, 1.165) is 5.33 Å². The van der Waals surface area contributed by atoms with Crippen molar-refractivity contribution in [3.05, 3.63) is 106 Å². The van der Waals surface area contributed by atoms with E-state index in [1.54, 1.807) is 0 Å². The minimum atomic E-state index is -0.0760. The van der Waals surface area contributed by atoms with Crippen LogP contribution in [-0.2, 0) is 5.41 Å². The molecule has 128 valence electrons. The largest absolute Gasteiger partial charge is 0.143 e. The fourth-order valence-corrected chi connectivity index (χ4v) is 7.49. The van der Waals surface area contributed by atoms with Gasteiger partial charge in [0.1, 0.15) is 0 Å². The second-order valence-electron chi connectivity index (χ2n) is 6.69. The molecule has 0 radical (unpaired) electrons. The SMILES string of the molecule is BrCC1(C(c2ccccc2)c2ccccc2)c2ccsc2-c2sccc21. The molecular weight excluding hydrogens is 420 g/mol. The Bertz CT molecular complexity index is 951. The van der Waals surface area contributed by atoms with E-state index in [9.17, 15) is 0 Å². The van der Waals surface area contributed by atoms with Gasteiger partial charge < -0.3 is 0 Å². The summed E-state index contributed by atoms with van der Waals surface area (Å²) in [5, 5.41) is 5.40. The molecule has 3 heteroatoms. The zero-order chi connectivity index (χ0) is 17.6. The fourth-order valence-electron chi connectivity index (χ4n) is 4.40. The van der Waals surface area contributed by atoms with Crippen LogP contribution in [0.1, 0.15) is 28.2 Å². The number of hydrogen-bond acceptors (Lipinski definition) is 2. The highest BCUT2D eigenvalue weighted by molar-refractivity contribution is 9.09. The fraction of sp³-hybridized carbons (Fsp3) is 0.130. The van der Waals surface area contributed by atoms with Gasteiger partial charge >= 0.3 is 0 Å². The molecule has 0 bridgehead atoms. The standard InChI is InChI=1S/C23H17BrS2/c24-15-23(18-11-13-25-21(18)22-19(23)12-14-26-22)20(16-7-3-1-4-8-16)17-9-5-2-6-10-17/h1-14,20H,15H2. The van der Waals surface area contributed by atoms with E-state index >= 15 is 0 Å². The first-order valence-electron chi connectivity index (χ1n) is 8.68. The molecule has 0 aliphatic heterocycles. The van der Waals surface area contributed by atoms with Crippen LogP contribution in [0, 0.1) is 0 Å². The van der Waals surface area contributed by atoms with Gasteiger partial charge in [0, 0.05) is 26.4 Å². The summed E-state index contributed by atoms with van der Waals surface area (Å²) >= 11 is 7.70. The van der Waals surface area contributed by atoms with Crippen molar-refractivity contribution in [2.75, 3.05) is 5.33 Å². The van der Waals surface area contributed by atoms with Crippen molar-refractivity contribution >= 4 is 38.6 Å². The van der Waals surface area contributed by atoms with E-state index < -0.39 is 0 Å². The first kappa shape index (κ1) is 16.5. The number of benzene rings is 2. The molecule has 0 saturated heterocycles. The monoisotopic (exact) mass is 436 g/mol. The van der Waals surface area contributed by atoms with Gasteiger partial charge in [0.2, 0.25) is 0 Å². The molecule has 26 heavy (non-hydrogen) atoms. The number of hydrogen-bond donors (Lipinski definition) is 0. The molecule has 2 aromatic carbocycles. The molecule has 0 unspecified atom stereocenters. The van der Waals surface area contributed by atoms with Gasteiger partial charge in [-0.05, 0) is 45.1 Å². The van der Waals surface area contributed by atoms with Crippen LogP contribution < -0.4 is 0 Å². The Hall–Kier alpha value is -1.68. The molecule has 0 spiro atoms. The average Bonchev–Trinajstić information content (AvgIpc) is 3.40. The molecule has 2 heterocycles. The van der Waals surface area contributed by atoms with Gasteiger partial charge in [-0.1, -0.05) is 76.6 Å². The van der Waals surface area contributed by atoms with Gasteiger partial charge in [0.05, 0.1) is 0 Å². The summed E-state index contributed by atoms with van der Waals surface area (Å²) in [5.41, 5.74) is 5.61. The third-order valence-electron chi connectivity index (χ3n) is 5.47. The highest BCUT2D eigenvalue weighted by Gasteiger charge is 2.50. The van der Waals surface area contributed by atoms with Crippen molar-refractivity contribution in [2.24, 2.45) is 0 Å². The molecule has 0 fully saturated rings. The number of halogens is 1. The van der Waals surface area contributed by atoms with Gasteiger partial charge in [-0.2, -0.15) is 0 Å². The molecule has 4 aromatic rings. The molecule has 0 atom stereocenters. The molecule has 1 aliphatic carbocycles. The molecule has 0 amide bonds. The lowest BCUT2D eigenvalue weighted by Crippen LogP contribution is -2.35. The van der Waals surface area contributed by atoms with Crippen molar-refractivity contribution in [3.8, 4) is 9.75 Å². The average molecular weight is 437 g/mol. The molecule has 0 N–H and O–H groups in total. The Morgan fingerprint density at radius 2 is 1.15 bits per heavy atom. The van der Waals surface area contributed by atoms with E-state index in [2.05, 4.69) is 99.5 Å². The maximum Gasteiger partial charge on any atom is 0.0487 e. The van der Waals surface area contributed by atoms with E-state index in [-0.39, 0.29) is 11.3 Å². The normalized spacial score (nSPS) is 14.4. The van der Waals surface area contributed by atoms with Crippen LogP contribution in [0.3, 0.4) is 0 Å². The van der Waals surface area contributed by atoms with Crippen LogP contribution in [0.4, 0.5) is 0 Å². The molecule has 5 rings (SSSR count). The highest BCUT2D eigenvalue weighted by atomic mass is 79.9. The first-order valence-corrected chi connectivity index (χ1v) is 11.6. The molecule has 2 aromatic heterocycles. The summed E-state index contributed by atoms with van der Waals surface area (Å²) < 4.78 is 0. The summed E-state index contributed by atoms with van der Waals surface area (Å²) in [6.07, 6.45) is 0. The second-order valence-corrected chi connectivity index (χ2v) is 9.08. The van der Waals surface area contributed by atoms with Crippen LogP contribution in [-0.4, -0.2) is 5.33 Å². The first-order chi connectivity index (χ1) is 12.9. The topological polar surface area (TPSA) is 0 Å². The highest BCUT2D eigenvalue weighted by Crippen LogP contribution is 2.61. The van der Waals surface area contributed by atoms with Crippen molar-refractivity contribution in [2.45, 2.75) is 11.3 Å². The quantitative estimate of drug-likeness (QED) is 0.294. The number of rotatable bonds is 4. The smallest absolute Gasteiger partial charge is 0.0487 e. The van der Waals surface area contributed by atoms with Crippen molar-refractivity contribution < 1.29 is 0 Å². The Kier molecular flexibility index (Phi) is 4.11. The summed E-state index contributed by atoms with van der Waals surface area (Å²) in [6.45, 7) is 0. The van der Waals surface area contributed by atoms with Gasteiger partial charge in [0.25, 0.3) is 0 Å². The van der Waals surface area contributed by atoms with Crippen LogP contribution in [0.25, 0.3) is 9.75 Å². The Morgan fingerprint density at radius 1 is 0.692 bits per heavy atom. The summed E-state index contributed by atoms with van der Waals surface area (Å²) in [6, 6.07) is 26.6.